The molecule has 17 heavy (non-hydrogen) atoms. The van der Waals surface area contributed by atoms with Crippen LogP contribution in [0.4, 0.5) is 0 Å². The summed E-state index contributed by atoms with van der Waals surface area (Å²) in [5.74, 6) is 0.897. The van der Waals surface area contributed by atoms with Crippen molar-refractivity contribution in [1.29, 1.82) is 0 Å². The number of unbranched alkanes of at least 4 members (excludes halogenated alkanes) is 2. The second-order valence-electron chi connectivity index (χ2n) is 4.02. The molecule has 0 fully saturated rings. The smallest absolute Gasteiger partial charge is 0.170 e. The quantitative estimate of drug-likeness (QED) is 0.262. The zero-order chi connectivity index (χ0) is 12.7. The molecule has 94 valence electrons. The van der Waals surface area contributed by atoms with Crippen molar-refractivity contribution in [3.63, 3.8) is 0 Å². The van der Waals surface area contributed by atoms with Crippen LogP contribution in [-0.2, 0) is 0 Å². The Kier molecular flexibility index (Phi) is 5.33. The highest BCUT2D eigenvalue weighted by Crippen LogP contribution is 2.19. The van der Waals surface area contributed by atoms with Crippen molar-refractivity contribution in [2.45, 2.75) is 33.1 Å². The summed E-state index contributed by atoms with van der Waals surface area (Å²) >= 11 is 0. The van der Waals surface area contributed by atoms with Gasteiger partial charge in [0.05, 0.1) is 6.61 Å². The average Bonchev–Trinajstić information content (AvgIpc) is 2.35. The molecule has 4 nitrogen and oxygen atoms in total. The summed E-state index contributed by atoms with van der Waals surface area (Å²) in [5, 5.41) is 11.6. The van der Waals surface area contributed by atoms with Crippen LogP contribution in [0.2, 0.25) is 0 Å². The first kappa shape index (κ1) is 13.4. The molecule has 4 heteroatoms. The summed E-state index contributed by atoms with van der Waals surface area (Å²) in [5.41, 5.74) is 7.26. The van der Waals surface area contributed by atoms with E-state index in [0.717, 1.165) is 17.7 Å². The van der Waals surface area contributed by atoms with Gasteiger partial charge in [-0.25, -0.2) is 0 Å². The molecule has 3 N–H and O–H groups in total. The van der Waals surface area contributed by atoms with Crippen LogP contribution in [0.5, 0.6) is 5.75 Å². The Morgan fingerprint density at radius 2 is 2.18 bits per heavy atom. The monoisotopic (exact) mass is 236 g/mol. The molecule has 0 heterocycles. The molecule has 0 spiro atoms. The molecule has 0 saturated heterocycles. The molecule has 0 aromatic heterocycles. The van der Waals surface area contributed by atoms with Gasteiger partial charge in [-0.1, -0.05) is 37.1 Å². The second-order valence-corrected chi connectivity index (χ2v) is 4.02. The Morgan fingerprint density at radius 3 is 2.82 bits per heavy atom. The van der Waals surface area contributed by atoms with E-state index in [9.17, 15) is 0 Å². The van der Waals surface area contributed by atoms with Gasteiger partial charge in [0, 0.05) is 5.56 Å². The van der Waals surface area contributed by atoms with Gasteiger partial charge in [0.2, 0.25) is 0 Å². The fourth-order valence-corrected chi connectivity index (χ4v) is 1.51. The van der Waals surface area contributed by atoms with Gasteiger partial charge < -0.3 is 15.7 Å². The third kappa shape index (κ3) is 3.98. The van der Waals surface area contributed by atoms with Crippen LogP contribution >= 0.6 is 0 Å². The molecule has 0 saturated carbocycles. The largest absolute Gasteiger partial charge is 0.493 e. The summed E-state index contributed by atoms with van der Waals surface area (Å²) in [6.45, 7) is 4.84. The lowest BCUT2D eigenvalue weighted by Gasteiger charge is -2.10. The zero-order valence-electron chi connectivity index (χ0n) is 10.4. The Morgan fingerprint density at radius 1 is 1.41 bits per heavy atom. The van der Waals surface area contributed by atoms with Gasteiger partial charge in [-0.15, -0.1) is 0 Å². The van der Waals surface area contributed by atoms with E-state index in [-0.39, 0.29) is 5.84 Å². The number of ether oxygens (including phenoxy) is 1. The number of oxime groups is 1. The molecule has 1 aromatic carbocycles. The van der Waals surface area contributed by atoms with Crippen LogP contribution < -0.4 is 10.5 Å². The molecule has 0 bridgehead atoms. The van der Waals surface area contributed by atoms with Crippen molar-refractivity contribution in [3.05, 3.63) is 29.3 Å². The van der Waals surface area contributed by atoms with Crippen molar-refractivity contribution >= 4 is 5.84 Å². The van der Waals surface area contributed by atoms with E-state index in [1.807, 2.05) is 19.1 Å². The molecule has 1 rings (SSSR count). The van der Waals surface area contributed by atoms with Crippen LogP contribution in [0.1, 0.15) is 37.3 Å². The summed E-state index contributed by atoms with van der Waals surface area (Å²) in [4.78, 5) is 0. The minimum absolute atomic E-state index is 0.100. The Balaban J connectivity index is 2.70. The highest BCUT2D eigenvalue weighted by Gasteiger charge is 2.04. The summed E-state index contributed by atoms with van der Waals surface area (Å²) in [6, 6.07) is 5.52. The molecule has 0 aliphatic carbocycles. The molecule has 0 unspecified atom stereocenters. The van der Waals surface area contributed by atoms with Gasteiger partial charge >= 0.3 is 0 Å². The highest BCUT2D eigenvalue weighted by molar-refractivity contribution is 5.97. The maximum absolute atomic E-state index is 8.62. The SMILES string of the molecule is CCCCCOc1cc(/C(N)=N/O)ccc1C. The lowest BCUT2D eigenvalue weighted by Crippen LogP contribution is -2.13. The highest BCUT2D eigenvalue weighted by atomic mass is 16.5. The van der Waals surface area contributed by atoms with E-state index in [4.69, 9.17) is 15.7 Å². The molecule has 0 radical (unpaired) electrons. The van der Waals surface area contributed by atoms with E-state index in [0.29, 0.717) is 12.2 Å². The number of rotatable bonds is 6. The first-order chi connectivity index (χ1) is 8.19. The fraction of sp³-hybridized carbons (Fsp3) is 0.462. The molecule has 0 atom stereocenters. The first-order valence-corrected chi connectivity index (χ1v) is 5.90. The zero-order valence-corrected chi connectivity index (χ0v) is 10.4. The topological polar surface area (TPSA) is 67.8 Å². The molecule has 0 amide bonds. The normalized spacial score (nSPS) is 11.5. The number of amidine groups is 1. The number of nitrogens with two attached hydrogens (primary N) is 1. The molecular weight excluding hydrogens is 216 g/mol. The van der Waals surface area contributed by atoms with Crippen LogP contribution in [0, 0.1) is 6.92 Å². The maximum Gasteiger partial charge on any atom is 0.170 e. The van der Waals surface area contributed by atoms with E-state index in [1.54, 1.807) is 6.07 Å². The minimum Gasteiger partial charge on any atom is -0.493 e. The lowest BCUT2D eigenvalue weighted by molar-refractivity contribution is 0.304. The van der Waals surface area contributed by atoms with Crippen molar-refractivity contribution < 1.29 is 9.94 Å². The van der Waals surface area contributed by atoms with Gasteiger partial charge in [-0.05, 0) is 25.0 Å². The summed E-state index contributed by atoms with van der Waals surface area (Å²) in [6.07, 6.45) is 3.38. The van der Waals surface area contributed by atoms with Crippen LogP contribution in [0.25, 0.3) is 0 Å². The predicted molar refractivity (Wildman–Crippen MR) is 68.7 cm³/mol. The third-order valence-corrected chi connectivity index (χ3v) is 2.60. The van der Waals surface area contributed by atoms with Gasteiger partial charge in [-0.2, -0.15) is 0 Å². The van der Waals surface area contributed by atoms with Gasteiger partial charge in [0.1, 0.15) is 5.75 Å². The van der Waals surface area contributed by atoms with E-state index < -0.39 is 0 Å². The number of nitrogens with zero attached hydrogens (tertiary/aromatic N) is 1. The minimum atomic E-state index is 0.100. The molecular formula is C13H20N2O2. The predicted octanol–water partition coefficient (Wildman–Crippen LogP) is 2.66. The summed E-state index contributed by atoms with van der Waals surface area (Å²) < 4.78 is 5.68. The van der Waals surface area contributed by atoms with Gasteiger partial charge in [-0.3, -0.25) is 0 Å². The standard InChI is InChI=1S/C13H20N2O2/c1-3-4-5-8-17-12-9-11(13(14)15-16)7-6-10(12)2/h6-7,9,16H,3-5,8H2,1-2H3,(H2,14,15). The average molecular weight is 236 g/mol. The summed E-state index contributed by atoms with van der Waals surface area (Å²) in [7, 11) is 0. The van der Waals surface area contributed by atoms with Crippen molar-refractivity contribution in [1.82, 2.24) is 0 Å². The third-order valence-electron chi connectivity index (χ3n) is 2.60. The number of aryl methyl sites for hydroxylation is 1. The Labute approximate surface area is 102 Å². The van der Waals surface area contributed by atoms with Crippen LogP contribution in [0.3, 0.4) is 0 Å². The van der Waals surface area contributed by atoms with Crippen molar-refractivity contribution in [3.8, 4) is 5.75 Å². The van der Waals surface area contributed by atoms with Crippen LogP contribution in [-0.4, -0.2) is 17.6 Å². The van der Waals surface area contributed by atoms with E-state index >= 15 is 0 Å². The molecule has 1 aromatic rings. The Bertz CT molecular complexity index is 389. The maximum atomic E-state index is 8.62. The fourth-order valence-electron chi connectivity index (χ4n) is 1.51. The van der Waals surface area contributed by atoms with Gasteiger partial charge in [0.15, 0.2) is 5.84 Å². The number of hydrogen-bond acceptors (Lipinski definition) is 3. The van der Waals surface area contributed by atoms with E-state index in [1.165, 1.54) is 12.8 Å². The van der Waals surface area contributed by atoms with Crippen molar-refractivity contribution in [2.24, 2.45) is 10.9 Å². The van der Waals surface area contributed by atoms with Crippen molar-refractivity contribution in [2.75, 3.05) is 6.61 Å². The Hall–Kier alpha value is -1.71. The first-order valence-electron chi connectivity index (χ1n) is 5.90. The number of hydrogen-bond donors (Lipinski definition) is 2. The molecule has 0 aliphatic rings. The van der Waals surface area contributed by atoms with E-state index in [2.05, 4.69) is 12.1 Å². The number of benzene rings is 1. The van der Waals surface area contributed by atoms with Gasteiger partial charge in [0.25, 0.3) is 0 Å². The van der Waals surface area contributed by atoms with Crippen LogP contribution in [0.15, 0.2) is 23.4 Å². The molecule has 0 aliphatic heterocycles. The second kappa shape index (κ2) is 6.78. The lowest BCUT2D eigenvalue weighted by atomic mass is 10.1.